The van der Waals surface area contributed by atoms with E-state index < -0.39 is 0 Å². The van der Waals surface area contributed by atoms with E-state index >= 15 is 0 Å². The summed E-state index contributed by atoms with van der Waals surface area (Å²) in [5.74, 6) is 0.338. The number of hydrogen-bond donors (Lipinski definition) is 1. The zero-order chi connectivity index (χ0) is 11.5. The number of Topliss-reactive ketones (excluding diaryl/α,β-unsaturated/α-hetero) is 1. The van der Waals surface area contributed by atoms with Gasteiger partial charge in [0.1, 0.15) is 5.75 Å². The molecule has 2 atom stereocenters. The van der Waals surface area contributed by atoms with Gasteiger partial charge in [0.25, 0.3) is 0 Å². The van der Waals surface area contributed by atoms with Gasteiger partial charge in [-0.1, -0.05) is 12.1 Å². The molecule has 2 N–H and O–H groups in total. The van der Waals surface area contributed by atoms with E-state index in [1.165, 1.54) is 0 Å². The second kappa shape index (κ2) is 4.63. The monoisotopic (exact) mass is 221 g/mol. The molecule has 1 fully saturated rings. The second-order valence-electron chi connectivity index (χ2n) is 3.87. The van der Waals surface area contributed by atoms with Crippen molar-refractivity contribution < 1.29 is 14.3 Å². The molecule has 0 radical (unpaired) electrons. The largest absolute Gasteiger partial charge is 0.496 e. The third kappa shape index (κ3) is 1.94. The number of nitrogens with two attached hydrogens (primary N) is 1. The molecule has 0 saturated carbocycles. The Kier molecular flexibility index (Phi) is 3.22. The molecule has 1 aromatic carbocycles. The van der Waals surface area contributed by atoms with Gasteiger partial charge in [0.15, 0.2) is 5.78 Å². The van der Waals surface area contributed by atoms with E-state index in [1.54, 1.807) is 19.2 Å². The van der Waals surface area contributed by atoms with E-state index in [2.05, 4.69) is 0 Å². The Morgan fingerprint density at radius 2 is 2.19 bits per heavy atom. The average Bonchev–Trinajstić information content (AvgIpc) is 2.74. The van der Waals surface area contributed by atoms with Crippen molar-refractivity contribution in [3.05, 3.63) is 29.8 Å². The van der Waals surface area contributed by atoms with Gasteiger partial charge in [-0.2, -0.15) is 0 Å². The van der Waals surface area contributed by atoms with Crippen LogP contribution in [0.4, 0.5) is 0 Å². The molecule has 1 saturated heterocycles. The second-order valence-corrected chi connectivity index (χ2v) is 3.87. The summed E-state index contributed by atoms with van der Waals surface area (Å²) in [6.07, 6.45) is 0. The van der Waals surface area contributed by atoms with Gasteiger partial charge in [-0.15, -0.1) is 0 Å². The Labute approximate surface area is 94.3 Å². The van der Waals surface area contributed by atoms with Crippen molar-refractivity contribution in [3.8, 4) is 5.75 Å². The predicted octanol–water partition coefficient (Wildman–Crippen LogP) is 0.852. The Morgan fingerprint density at radius 1 is 1.44 bits per heavy atom. The van der Waals surface area contributed by atoms with Crippen LogP contribution in [0, 0.1) is 5.92 Å². The summed E-state index contributed by atoms with van der Waals surface area (Å²) in [6.45, 7) is 0.851. The van der Waals surface area contributed by atoms with Crippen molar-refractivity contribution in [2.45, 2.75) is 6.04 Å². The highest BCUT2D eigenvalue weighted by molar-refractivity contribution is 6.00. The Morgan fingerprint density at radius 3 is 2.81 bits per heavy atom. The number of ether oxygens (including phenoxy) is 2. The molecule has 2 unspecified atom stereocenters. The first-order valence-electron chi connectivity index (χ1n) is 5.24. The van der Waals surface area contributed by atoms with Crippen molar-refractivity contribution in [3.63, 3.8) is 0 Å². The zero-order valence-corrected chi connectivity index (χ0v) is 9.18. The van der Waals surface area contributed by atoms with Crippen molar-refractivity contribution in [2.75, 3.05) is 20.3 Å². The quantitative estimate of drug-likeness (QED) is 0.769. The lowest BCUT2D eigenvalue weighted by Gasteiger charge is -2.13. The Balaban J connectivity index is 2.26. The molecule has 86 valence electrons. The van der Waals surface area contributed by atoms with E-state index in [1.807, 2.05) is 12.1 Å². The van der Waals surface area contributed by atoms with Gasteiger partial charge in [-0.3, -0.25) is 4.79 Å². The van der Waals surface area contributed by atoms with Crippen LogP contribution in [-0.4, -0.2) is 32.1 Å². The molecule has 4 nitrogen and oxygen atoms in total. The van der Waals surface area contributed by atoms with E-state index in [4.69, 9.17) is 15.2 Å². The van der Waals surface area contributed by atoms with E-state index in [-0.39, 0.29) is 17.7 Å². The number of carbonyl (C=O) groups is 1. The predicted molar refractivity (Wildman–Crippen MR) is 59.6 cm³/mol. The van der Waals surface area contributed by atoms with Crippen molar-refractivity contribution in [2.24, 2.45) is 11.7 Å². The smallest absolute Gasteiger partial charge is 0.173 e. The standard InChI is InChI=1S/C12H15NO3/c1-15-11-5-3-2-4-8(11)12(14)9-6-16-7-10(9)13/h2-5,9-10H,6-7,13H2,1H3. The zero-order valence-electron chi connectivity index (χ0n) is 9.18. The fourth-order valence-electron chi connectivity index (χ4n) is 1.89. The van der Waals surface area contributed by atoms with Crippen molar-refractivity contribution in [1.82, 2.24) is 0 Å². The Bertz CT molecular complexity index is 392. The fourth-order valence-corrected chi connectivity index (χ4v) is 1.89. The lowest BCUT2D eigenvalue weighted by atomic mass is 9.93. The molecule has 0 spiro atoms. The molecule has 1 aliphatic rings. The molecule has 1 aliphatic heterocycles. The topological polar surface area (TPSA) is 61.5 Å². The number of para-hydroxylation sites is 1. The molecule has 16 heavy (non-hydrogen) atoms. The number of rotatable bonds is 3. The van der Waals surface area contributed by atoms with Gasteiger partial charge in [-0.25, -0.2) is 0 Å². The molecular weight excluding hydrogens is 206 g/mol. The van der Waals surface area contributed by atoms with E-state index in [9.17, 15) is 4.79 Å². The third-order valence-electron chi connectivity index (χ3n) is 2.83. The van der Waals surface area contributed by atoms with E-state index in [0.717, 1.165) is 0 Å². The normalized spacial score (nSPS) is 24.4. The van der Waals surface area contributed by atoms with Gasteiger partial charge < -0.3 is 15.2 Å². The highest BCUT2D eigenvalue weighted by atomic mass is 16.5. The van der Waals surface area contributed by atoms with Crippen LogP contribution in [0.25, 0.3) is 0 Å². The number of methoxy groups -OCH3 is 1. The molecule has 1 aromatic rings. The summed E-state index contributed by atoms with van der Waals surface area (Å²) in [5.41, 5.74) is 6.40. The van der Waals surface area contributed by atoms with Crippen molar-refractivity contribution >= 4 is 5.78 Å². The van der Waals surface area contributed by atoms with Crippen LogP contribution in [0.3, 0.4) is 0 Å². The highest BCUT2D eigenvalue weighted by Gasteiger charge is 2.33. The maximum absolute atomic E-state index is 12.2. The minimum atomic E-state index is -0.253. The minimum Gasteiger partial charge on any atom is -0.496 e. The van der Waals surface area contributed by atoms with Crippen LogP contribution in [0.15, 0.2) is 24.3 Å². The molecule has 4 heteroatoms. The molecular formula is C12H15NO3. The van der Waals surface area contributed by atoms with Crippen LogP contribution in [0.5, 0.6) is 5.75 Å². The fraction of sp³-hybridized carbons (Fsp3) is 0.417. The number of carbonyl (C=O) groups excluding carboxylic acids is 1. The molecule has 0 bridgehead atoms. The average molecular weight is 221 g/mol. The summed E-state index contributed by atoms with van der Waals surface area (Å²) < 4.78 is 10.4. The minimum absolute atomic E-state index is 0.00227. The number of benzene rings is 1. The third-order valence-corrected chi connectivity index (χ3v) is 2.83. The van der Waals surface area contributed by atoms with Crippen LogP contribution in [-0.2, 0) is 4.74 Å². The maximum atomic E-state index is 12.2. The first-order chi connectivity index (χ1) is 7.74. The van der Waals surface area contributed by atoms with Crippen LogP contribution >= 0.6 is 0 Å². The van der Waals surface area contributed by atoms with Gasteiger partial charge in [0.2, 0.25) is 0 Å². The lowest BCUT2D eigenvalue weighted by molar-refractivity contribution is 0.0893. The first kappa shape index (κ1) is 11.1. The summed E-state index contributed by atoms with van der Waals surface area (Å²) in [5, 5.41) is 0. The highest BCUT2D eigenvalue weighted by Crippen LogP contribution is 2.24. The molecule has 0 aliphatic carbocycles. The van der Waals surface area contributed by atoms with Gasteiger partial charge in [0.05, 0.1) is 31.8 Å². The summed E-state index contributed by atoms with van der Waals surface area (Å²) in [7, 11) is 1.55. The SMILES string of the molecule is COc1ccccc1C(=O)C1COCC1N. The molecule has 0 aromatic heterocycles. The lowest BCUT2D eigenvalue weighted by Crippen LogP contribution is -2.34. The van der Waals surface area contributed by atoms with Gasteiger partial charge in [-0.05, 0) is 12.1 Å². The maximum Gasteiger partial charge on any atom is 0.173 e. The van der Waals surface area contributed by atoms with Crippen LogP contribution in [0.2, 0.25) is 0 Å². The van der Waals surface area contributed by atoms with Crippen LogP contribution in [0.1, 0.15) is 10.4 Å². The van der Waals surface area contributed by atoms with Crippen molar-refractivity contribution in [1.29, 1.82) is 0 Å². The molecule has 2 rings (SSSR count). The number of hydrogen-bond acceptors (Lipinski definition) is 4. The summed E-state index contributed by atoms with van der Waals surface area (Å²) in [4.78, 5) is 12.2. The Hall–Kier alpha value is -1.39. The molecule has 0 amide bonds. The van der Waals surface area contributed by atoms with Gasteiger partial charge in [0, 0.05) is 6.04 Å². The molecule has 1 heterocycles. The van der Waals surface area contributed by atoms with Gasteiger partial charge >= 0.3 is 0 Å². The summed E-state index contributed by atoms with van der Waals surface area (Å²) in [6, 6.07) is 6.97. The first-order valence-corrected chi connectivity index (χ1v) is 5.24. The van der Waals surface area contributed by atoms with E-state index in [0.29, 0.717) is 24.5 Å². The van der Waals surface area contributed by atoms with Crippen LogP contribution < -0.4 is 10.5 Å². The number of ketones is 1. The summed E-state index contributed by atoms with van der Waals surface area (Å²) >= 11 is 0.